The minimum Gasteiger partial charge on any atom is -0.355 e. The molecular formula is C19H23N5O2. The molecule has 1 saturated heterocycles. The number of piperidine rings is 1. The molecule has 0 bridgehead atoms. The van der Waals surface area contributed by atoms with E-state index in [4.69, 9.17) is 0 Å². The van der Waals surface area contributed by atoms with Gasteiger partial charge in [0.15, 0.2) is 0 Å². The van der Waals surface area contributed by atoms with Crippen molar-refractivity contribution in [1.82, 2.24) is 9.97 Å². The summed E-state index contributed by atoms with van der Waals surface area (Å²) in [6.07, 6.45) is 5.54. The van der Waals surface area contributed by atoms with Crippen LogP contribution in [0.2, 0.25) is 0 Å². The molecule has 2 amide bonds. The van der Waals surface area contributed by atoms with Gasteiger partial charge in [-0.05, 0) is 37.0 Å². The van der Waals surface area contributed by atoms with Crippen LogP contribution in [0.25, 0.3) is 0 Å². The molecule has 7 heteroatoms. The van der Waals surface area contributed by atoms with E-state index in [1.807, 2.05) is 0 Å². The second-order valence-corrected chi connectivity index (χ2v) is 6.67. The van der Waals surface area contributed by atoms with Gasteiger partial charge in [0.25, 0.3) is 5.91 Å². The molecule has 1 aliphatic heterocycles. The number of rotatable bonds is 4. The smallest absolute Gasteiger partial charge is 0.275 e. The number of carbonyl (C=O) groups is 2. The summed E-state index contributed by atoms with van der Waals surface area (Å²) >= 11 is 0. The first-order valence-corrected chi connectivity index (χ1v) is 8.77. The van der Waals surface area contributed by atoms with Crippen LogP contribution in [0.15, 0.2) is 36.7 Å². The number of aromatic nitrogens is 2. The average Bonchev–Trinajstić information content (AvgIpc) is 2.61. The third-order valence-electron chi connectivity index (χ3n) is 4.29. The molecule has 0 spiro atoms. The number of nitrogens with one attached hydrogen (secondary N) is 2. The molecule has 136 valence electrons. The van der Waals surface area contributed by atoms with Gasteiger partial charge in [0.1, 0.15) is 11.5 Å². The summed E-state index contributed by atoms with van der Waals surface area (Å²) in [7, 11) is 0. The van der Waals surface area contributed by atoms with E-state index in [2.05, 4.69) is 32.4 Å². The summed E-state index contributed by atoms with van der Waals surface area (Å²) in [5.74, 6) is 0.947. The van der Waals surface area contributed by atoms with Crippen LogP contribution in [0.1, 0.15) is 37.2 Å². The number of hydrogen-bond acceptors (Lipinski definition) is 5. The highest BCUT2D eigenvalue weighted by atomic mass is 16.2. The van der Waals surface area contributed by atoms with Crippen LogP contribution in [0, 0.1) is 5.92 Å². The fourth-order valence-electron chi connectivity index (χ4n) is 3.07. The first-order chi connectivity index (χ1) is 12.5. The molecule has 0 aliphatic carbocycles. The Hall–Kier alpha value is -2.96. The van der Waals surface area contributed by atoms with Crippen LogP contribution in [0.4, 0.5) is 17.2 Å². The molecular weight excluding hydrogens is 330 g/mol. The molecule has 26 heavy (non-hydrogen) atoms. The van der Waals surface area contributed by atoms with Gasteiger partial charge in [0.05, 0.1) is 12.4 Å². The molecule has 0 saturated carbocycles. The molecule has 2 aromatic rings. The molecule has 1 atom stereocenters. The van der Waals surface area contributed by atoms with Gasteiger partial charge in [0.2, 0.25) is 5.91 Å². The number of amides is 2. The summed E-state index contributed by atoms with van der Waals surface area (Å²) in [6.45, 7) is 5.61. The number of anilines is 3. The maximum Gasteiger partial charge on any atom is 0.275 e. The van der Waals surface area contributed by atoms with Gasteiger partial charge in [-0.15, -0.1) is 0 Å². The lowest BCUT2D eigenvalue weighted by atomic mass is 10.0. The van der Waals surface area contributed by atoms with Crippen molar-refractivity contribution in [2.75, 3.05) is 28.6 Å². The Morgan fingerprint density at radius 2 is 1.92 bits per heavy atom. The van der Waals surface area contributed by atoms with Crippen molar-refractivity contribution in [1.29, 1.82) is 0 Å². The van der Waals surface area contributed by atoms with Crippen LogP contribution in [-0.2, 0) is 4.79 Å². The SMILES string of the molecule is CC(=O)Nc1cccc(NC(=O)c2cnc(N3CCCC(C)C3)cn2)c1. The Morgan fingerprint density at radius 3 is 2.58 bits per heavy atom. The summed E-state index contributed by atoms with van der Waals surface area (Å²) in [6, 6.07) is 6.95. The van der Waals surface area contributed by atoms with Crippen LogP contribution >= 0.6 is 0 Å². The molecule has 1 aromatic carbocycles. The molecule has 1 unspecified atom stereocenters. The van der Waals surface area contributed by atoms with Crippen molar-refractivity contribution >= 4 is 29.0 Å². The van der Waals surface area contributed by atoms with E-state index in [1.54, 1.807) is 30.5 Å². The Labute approximate surface area is 152 Å². The predicted molar refractivity (Wildman–Crippen MR) is 101 cm³/mol. The van der Waals surface area contributed by atoms with E-state index >= 15 is 0 Å². The number of nitrogens with zero attached hydrogens (tertiary/aromatic N) is 3. The van der Waals surface area contributed by atoms with Crippen molar-refractivity contribution in [3.8, 4) is 0 Å². The average molecular weight is 353 g/mol. The Balaban J connectivity index is 1.65. The lowest BCUT2D eigenvalue weighted by molar-refractivity contribution is -0.114. The van der Waals surface area contributed by atoms with E-state index in [-0.39, 0.29) is 17.5 Å². The maximum absolute atomic E-state index is 12.4. The van der Waals surface area contributed by atoms with Crippen molar-refractivity contribution in [2.24, 2.45) is 5.92 Å². The molecule has 3 rings (SSSR count). The topological polar surface area (TPSA) is 87.2 Å². The number of benzene rings is 1. The van der Waals surface area contributed by atoms with Crippen molar-refractivity contribution in [2.45, 2.75) is 26.7 Å². The van der Waals surface area contributed by atoms with Crippen LogP contribution in [0.3, 0.4) is 0 Å². The second kappa shape index (κ2) is 7.95. The third-order valence-corrected chi connectivity index (χ3v) is 4.29. The van der Waals surface area contributed by atoms with E-state index in [0.717, 1.165) is 25.3 Å². The van der Waals surface area contributed by atoms with Gasteiger partial charge in [-0.2, -0.15) is 0 Å². The van der Waals surface area contributed by atoms with Gasteiger partial charge in [-0.3, -0.25) is 9.59 Å². The molecule has 1 fully saturated rings. The first kappa shape index (κ1) is 17.8. The van der Waals surface area contributed by atoms with Crippen molar-refractivity contribution in [3.63, 3.8) is 0 Å². The van der Waals surface area contributed by atoms with Crippen LogP contribution < -0.4 is 15.5 Å². The first-order valence-electron chi connectivity index (χ1n) is 8.77. The monoisotopic (exact) mass is 353 g/mol. The minimum atomic E-state index is -0.337. The lowest BCUT2D eigenvalue weighted by Crippen LogP contribution is -2.35. The molecule has 7 nitrogen and oxygen atoms in total. The second-order valence-electron chi connectivity index (χ2n) is 6.67. The van der Waals surface area contributed by atoms with E-state index in [0.29, 0.717) is 17.3 Å². The molecule has 1 aliphatic rings. The highest BCUT2D eigenvalue weighted by Crippen LogP contribution is 2.21. The Kier molecular flexibility index (Phi) is 5.46. The third kappa shape index (κ3) is 4.56. The van der Waals surface area contributed by atoms with Gasteiger partial charge >= 0.3 is 0 Å². The summed E-state index contributed by atoms with van der Waals surface area (Å²) in [5, 5.41) is 5.45. The highest BCUT2D eigenvalue weighted by Gasteiger charge is 2.18. The lowest BCUT2D eigenvalue weighted by Gasteiger charge is -2.31. The fraction of sp³-hybridized carbons (Fsp3) is 0.368. The number of hydrogen-bond donors (Lipinski definition) is 2. The largest absolute Gasteiger partial charge is 0.355 e. The molecule has 2 N–H and O–H groups in total. The van der Waals surface area contributed by atoms with E-state index in [9.17, 15) is 9.59 Å². The van der Waals surface area contributed by atoms with E-state index in [1.165, 1.54) is 19.5 Å². The quantitative estimate of drug-likeness (QED) is 0.882. The molecule has 0 radical (unpaired) electrons. The van der Waals surface area contributed by atoms with Gasteiger partial charge in [-0.25, -0.2) is 9.97 Å². The minimum absolute atomic E-state index is 0.165. The van der Waals surface area contributed by atoms with E-state index < -0.39 is 0 Å². The zero-order valence-corrected chi connectivity index (χ0v) is 15.0. The summed E-state index contributed by atoms with van der Waals surface area (Å²) in [5.41, 5.74) is 1.46. The Bertz CT molecular complexity index is 791. The normalized spacial score (nSPS) is 16.8. The maximum atomic E-state index is 12.4. The molecule has 2 heterocycles. The predicted octanol–water partition coefficient (Wildman–Crippen LogP) is 2.92. The van der Waals surface area contributed by atoms with Crippen LogP contribution in [0.5, 0.6) is 0 Å². The van der Waals surface area contributed by atoms with Crippen LogP contribution in [-0.4, -0.2) is 34.9 Å². The van der Waals surface area contributed by atoms with Gasteiger partial charge < -0.3 is 15.5 Å². The Morgan fingerprint density at radius 1 is 1.15 bits per heavy atom. The zero-order chi connectivity index (χ0) is 18.5. The molecule has 1 aromatic heterocycles. The standard InChI is InChI=1S/C19H23N5O2/c1-13-5-4-8-24(12-13)18-11-20-17(10-21-18)19(26)23-16-7-3-6-15(9-16)22-14(2)25/h3,6-7,9-11,13H,4-5,8,12H2,1-2H3,(H,22,25)(H,23,26). The highest BCUT2D eigenvalue weighted by molar-refractivity contribution is 6.03. The summed E-state index contributed by atoms with van der Waals surface area (Å²) < 4.78 is 0. The van der Waals surface area contributed by atoms with Gasteiger partial charge in [0, 0.05) is 31.4 Å². The fourth-order valence-corrected chi connectivity index (χ4v) is 3.07. The zero-order valence-electron chi connectivity index (χ0n) is 15.0. The van der Waals surface area contributed by atoms with Crippen molar-refractivity contribution < 1.29 is 9.59 Å². The number of carbonyl (C=O) groups excluding carboxylic acids is 2. The summed E-state index contributed by atoms with van der Waals surface area (Å²) in [4.78, 5) is 34.4. The van der Waals surface area contributed by atoms with Crippen molar-refractivity contribution in [3.05, 3.63) is 42.4 Å². The van der Waals surface area contributed by atoms with Gasteiger partial charge in [-0.1, -0.05) is 13.0 Å².